The quantitative estimate of drug-likeness (QED) is 0.172. The fourth-order valence-electron chi connectivity index (χ4n) is 5.45. The van der Waals surface area contributed by atoms with Crippen LogP contribution in [0, 0.1) is 5.92 Å². The first-order chi connectivity index (χ1) is 22.8. The van der Waals surface area contributed by atoms with E-state index in [1.54, 1.807) is 14.0 Å². The Morgan fingerprint density at radius 3 is 2.35 bits per heavy atom. The van der Waals surface area contributed by atoms with E-state index in [1.165, 1.54) is 28.0 Å². The van der Waals surface area contributed by atoms with Crippen molar-refractivity contribution in [2.45, 2.75) is 32.2 Å². The lowest BCUT2D eigenvalue weighted by molar-refractivity contribution is -0.137. The smallest absolute Gasteiger partial charge is 0.416 e. The summed E-state index contributed by atoms with van der Waals surface area (Å²) in [5.41, 5.74) is 0.308. The average Bonchev–Trinajstić information content (AvgIpc) is 3.06. The van der Waals surface area contributed by atoms with Gasteiger partial charge in [0.05, 0.1) is 36.0 Å². The summed E-state index contributed by atoms with van der Waals surface area (Å²) in [6.07, 6.45) is -5.07. The average molecular weight is 664 g/mol. The summed E-state index contributed by atoms with van der Waals surface area (Å²) in [7, 11) is 1.65. The standard InChI is InChI=1S/C35H36F3N5O5/c1-21-18-43(22(2)20-44)32(45)28-17-26(40-33(46)39-25-13-11-24(12-14-25)35(36,37)38)15-16-30(28)48-31(21)19-42(3)34(47)41-29-10-6-8-23-7-4-5-9-27(23)29/h4-17,21-22,31,44H,18-20H2,1-3H3,(H,41,47)(H2,39,40,46)/t21-,22+,31-/m1/s1. The van der Waals surface area contributed by atoms with Crippen LogP contribution in [0.2, 0.25) is 0 Å². The van der Waals surface area contributed by atoms with E-state index in [0.717, 1.165) is 35.0 Å². The molecule has 3 atom stereocenters. The molecular weight excluding hydrogens is 627 g/mol. The highest BCUT2D eigenvalue weighted by atomic mass is 19.4. The van der Waals surface area contributed by atoms with Gasteiger partial charge >= 0.3 is 18.2 Å². The molecule has 0 saturated carbocycles. The molecule has 252 valence electrons. The van der Waals surface area contributed by atoms with Crippen LogP contribution >= 0.6 is 0 Å². The molecule has 0 radical (unpaired) electrons. The number of alkyl halides is 3. The lowest BCUT2D eigenvalue weighted by Gasteiger charge is -2.38. The number of carbonyl (C=O) groups excluding carboxylic acids is 3. The number of ether oxygens (including phenoxy) is 1. The summed E-state index contributed by atoms with van der Waals surface area (Å²) in [6.45, 7) is 3.71. The topological polar surface area (TPSA) is 123 Å². The summed E-state index contributed by atoms with van der Waals surface area (Å²) in [6, 6.07) is 20.2. The van der Waals surface area contributed by atoms with E-state index in [2.05, 4.69) is 16.0 Å². The first-order valence-electron chi connectivity index (χ1n) is 15.3. The lowest BCUT2D eigenvalue weighted by atomic mass is 9.99. The minimum atomic E-state index is -4.51. The van der Waals surface area contributed by atoms with Crippen LogP contribution < -0.4 is 20.7 Å². The maximum atomic E-state index is 13.8. The summed E-state index contributed by atoms with van der Waals surface area (Å²) in [5, 5.41) is 19.9. The van der Waals surface area contributed by atoms with Gasteiger partial charge in [0.25, 0.3) is 5.91 Å². The molecule has 5 rings (SSSR count). The van der Waals surface area contributed by atoms with Crippen LogP contribution in [0.1, 0.15) is 29.8 Å². The van der Waals surface area contributed by atoms with E-state index in [4.69, 9.17) is 4.74 Å². The van der Waals surface area contributed by atoms with Crippen molar-refractivity contribution in [3.05, 3.63) is 96.1 Å². The molecule has 5 amide bonds. The van der Waals surface area contributed by atoms with Gasteiger partial charge in [0, 0.05) is 36.3 Å². The number of fused-ring (bicyclic) bond motifs is 2. The maximum Gasteiger partial charge on any atom is 0.416 e. The van der Waals surface area contributed by atoms with E-state index in [0.29, 0.717) is 5.69 Å². The largest absolute Gasteiger partial charge is 0.487 e. The highest BCUT2D eigenvalue weighted by Gasteiger charge is 2.34. The van der Waals surface area contributed by atoms with Crippen molar-refractivity contribution in [1.82, 2.24) is 9.80 Å². The third-order valence-electron chi connectivity index (χ3n) is 8.22. The molecule has 0 bridgehead atoms. The molecule has 0 aromatic heterocycles. The van der Waals surface area contributed by atoms with Crippen LogP contribution in [0.5, 0.6) is 5.75 Å². The van der Waals surface area contributed by atoms with Crippen LogP contribution in [0.4, 0.5) is 39.8 Å². The van der Waals surface area contributed by atoms with Gasteiger partial charge in [-0.3, -0.25) is 4.79 Å². The zero-order valence-electron chi connectivity index (χ0n) is 26.5. The van der Waals surface area contributed by atoms with E-state index in [-0.39, 0.29) is 54.3 Å². The Morgan fingerprint density at radius 1 is 0.979 bits per heavy atom. The van der Waals surface area contributed by atoms with Gasteiger partial charge in [0.15, 0.2) is 0 Å². The number of rotatable bonds is 7. The fraction of sp³-hybridized carbons (Fsp3) is 0.286. The van der Waals surface area contributed by atoms with Crippen molar-refractivity contribution in [3.8, 4) is 5.75 Å². The predicted molar refractivity (Wildman–Crippen MR) is 177 cm³/mol. The van der Waals surface area contributed by atoms with Crippen LogP contribution in [0.3, 0.4) is 0 Å². The van der Waals surface area contributed by atoms with E-state index in [1.807, 2.05) is 49.4 Å². The minimum Gasteiger partial charge on any atom is -0.487 e. The molecule has 4 aromatic carbocycles. The number of urea groups is 2. The Hall–Kier alpha value is -5.30. The van der Waals surface area contributed by atoms with Crippen molar-refractivity contribution < 1.29 is 37.4 Å². The van der Waals surface area contributed by atoms with E-state index >= 15 is 0 Å². The Bertz CT molecular complexity index is 1790. The van der Waals surface area contributed by atoms with Gasteiger partial charge in [0.1, 0.15) is 11.9 Å². The molecule has 0 spiro atoms. The second-order valence-corrected chi connectivity index (χ2v) is 11.8. The SMILES string of the molecule is C[C@@H]1CN([C@@H](C)CO)C(=O)c2cc(NC(=O)Nc3ccc(C(F)(F)F)cc3)ccc2O[C@@H]1CN(C)C(=O)Nc1cccc2ccccc12. The highest BCUT2D eigenvalue weighted by molar-refractivity contribution is 6.03. The van der Waals surface area contributed by atoms with Crippen LogP contribution in [-0.2, 0) is 6.18 Å². The number of likely N-dealkylation sites (N-methyl/N-ethyl adjacent to an activating group) is 1. The lowest BCUT2D eigenvalue weighted by Crippen LogP contribution is -2.50. The number of benzene rings is 4. The molecule has 0 fully saturated rings. The van der Waals surface area contributed by atoms with Gasteiger partial charge < -0.3 is 35.6 Å². The number of nitrogens with one attached hydrogen (secondary N) is 3. The van der Waals surface area contributed by atoms with Gasteiger partial charge in [0.2, 0.25) is 0 Å². The number of carbonyl (C=O) groups is 3. The minimum absolute atomic E-state index is 0.127. The summed E-state index contributed by atoms with van der Waals surface area (Å²) in [4.78, 5) is 42.8. The van der Waals surface area contributed by atoms with Gasteiger partial charge in [-0.1, -0.05) is 43.3 Å². The molecule has 13 heteroatoms. The van der Waals surface area contributed by atoms with Gasteiger partial charge in [-0.15, -0.1) is 0 Å². The zero-order chi connectivity index (χ0) is 34.6. The van der Waals surface area contributed by atoms with Gasteiger partial charge in [-0.2, -0.15) is 13.2 Å². The third-order valence-corrected chi connectivity index (χ3v) is 8.22. The summed E-state index contributed by atoms with van der Waals surface area (Å²) >= 11 is 0. The molecule has 10 nitrogen and oxygen atoms in total. The number of halogens is 3. The molecule has 1 aliphatic heterocycles. The maximum absolute atomic E-state index is 13.8. The Balaban J connectivity index is 1.34. The molecule has 4 aromatic rings. The number of amides is 5. The molecule has 0 saturated heterocycles. The van der Waals surface area contributed by atoms with Crippen molar-refractivity contribution in [2.24, 2.45) is 5.92 Å². The molecule has 48 heavy (non-hydrogen) atoms. The normalized spacial score (nSPS) is 17.0. The zero-order valence-corrected chi connectivity index (χ0v) is 26.5. The number of nitrogens with zero attached hydrogens (tertiary/aromatic N) is 2. The Morgan fingerprint density at radius 2 is 1.65 bits per heavy atom. The Labute approximate surface area is 275 Å². The monoisotopic (exact) mass is 663 g/mol. The highest BCUT2D eigenvalue weighted by Crippen LogP contribution is 2.32. The number of anilines is 3. The van der Waals surface area contributed by atoms with Gasteiger partial charge in [-0.25, -0.2) is 9.59 Å². The van der Waals surface area contributed by atoms with E-state index < -0.39 is 35.8 Å². The molecular formula is C35H36F3N5O5. The summed E-state index contributed by atoms with van der Waals surface area (Å²) in [5.74, 6) is -0.454. The van der Waals surface area contributed by atoms with Crippen molar-refractivity contribution >= 4 is 45.8 Å². The number of hydrogen-bond acceptors (Lipinski definition) is 5. The first kappa shape index (κ1) is 34.0. The predicted octanol–water partition coefficient (Wildman–Crippen LogP) is 6.89. The second-order valence-electron chi connectivity index (χ2n) is 11.8. The van der Waals surface area contributed by atoms with Crippen LogP contribution in [0.25, 0.3) is 10.8 Å². The van der Waals surface area contributed by atoms with Crippen molar-refractivity contribution in [3.63, 3.8) is 0 Å². The number of hydrogen-bond donors (Lipinski definition) is 4. The van der Waals surface area contributed by atoms with Crippen LogP contribution in [-0.4, -0.2) is 71.8 Å². The molecule has 1 heterocycles. The first-order valence-corrected chi connectivity index (χ1v) is 15.3. The summed E-state index contributed by atoms with van der Waals surface area (Å²) < 4.78 is 45.0. The molecule has 4 N–H and O–H groups in total. The van der Waals surface area contributed by atoms with E-state index in [9.17, 15) is 32.7 Å². The Kier molecular flexibility index (Phi) is 10.1. The molecule has 0 aliphatic carbocycles. The molecule has 0 unspecified atom stereocenters. The van der Waals surface area contributed by atoms with Crippen molar-refractivity contribution in [2.75, 3.05) is 42.7 Å². The fourth-order valence-corrected chi connectivity index (χ4v) is 5.45. The second kappa shape index (κ2) is 14.2. The van der Waals surface area contributed by atoms with Gasteiger partial charge in [-0.05, 0) is 60.8 Å². The number of aliphatic hydroxyl groups is 1. The number of aliphatic hydroxyl groups excluding tert-OH is 1. The van der Waals surface area contributed by atoms with Crippen molar-refractivity contribution in [1.29, 1.82) is 0 Å². The molecule has 1 aliphatic rings. The third kappa shape index (κ3) is 7.80. The van der Waals surface area contributed by atoms with Crippen LogP contribution in [0.15, 0.2) is 84.9 Å².